The van der Waals surface area contributed by atoms with Gasteiger partial charge in [-0.2, -0.15) is 5.10 Å². The molecular formula is C12H15N3O. The van der Waals surface area contributed by atoms with Crippen molar-refractivity contribution in [2.24, 2.45) is 7.05 Å². The summed E-state index contributed by atoms with van der Waals surface area (Å²) in [5.41, 5.74) is 8.84. The summed E-state index contributed by atoms with van der Waals surface area (Å²) in [6.07, 6.45) is 0. The minimum Gasteiger partial charge on any atom is -0.497 e. The summed E-state index contributed by atoms with van der Waals surface area (Å²) in [4.78, 5) is 0. The number of hydrogen-bond donors (Lipinski definition) is 1. The largest absolute Gasteiger partial charge is 0.497 e. The molecule has 4 nitrogen and oxygen atoms in total. The van der Waals surface area contributed by atoms with Crippen LogP contribution in [-0.4, -0.2) is 16.9 Å². The molecule has 1 aromatic heterocycles. The molecule has 0 aliphatic carbocycles. The fourth-order valence-electron chi connectivity index (χ4n) is 1.67. The Hall–Kier alpha value is -1.97. The van der Waals surface area contributed by atoms with Crippen molar-refractivity contribution in [1.29, 1.82) is 0 Å². The standard InChI is InChI=1S/C12H15N3O/c1-8-11(14-15(2)12(8)13)9-4-6-10(16-3)7-5-9/h4-7H,13H2,1-3H3. The lowest BCUT2D eigenvalue weighted by atomic mass is 10.1. The first-order valence-electron chi connectivity index (χ1n) is 5.07. The first-order valence-corrected chi connectivity index (χ1v) is 5.07. The zero-order chi connectivity index (χ0) is 11.7. The number of ether oxygens (including phenoxy) is 1. The molecule has 0 aliphatic rings. The Bertz CT molecular complexity index is 500. The van der Waals surface area contributed by atoms with Crippen LogP contribution in [0.25, 0.3) is 11.3 Å². The smallest absolute Gasteiger partial charge is 0.124 e. The molecule has 2 rings (SSSR count). The second-order valence-electron chi connectivity index (χ2n) is 3.71. The number of hydrogen-bond acceptors (Lipinski definition) is 3. The number of aryl methyl sites for hydroxylation is 1. The Morgan fingerprint density at radius 3 is 2.31 bits per heavy atom. The number of aromatic nitrogens is 2. The summed E-state index contributed by atoms with van der Waals surface area (Å²) >= 11 is 0. The van der Waals surface area contributed by atoms with Crippen molar-refractivity contribution in [1.82, 2.24) is 9.78 Å². The summed E-state index contributed by atoms with van der Waals surface area (Å²) in [7, 11) is 3.49. The van der Waals surface area contributed by atoms with E-state index in [1.165, 1.54) is 0 Å². The number of nitrogens with two attached hydrogens (primary N) is 1. The van der Waals surface area contributed by atoms with Crippen LogP contribution in [-0.2, 0) is 7.05 Å². The number of nitrogen functional groups attached to an aromatic ring is 1. The molecule has 2 aromatic rings. The highest BCUT2D eigenvalue weighted by atomic mass is 16.5. The van der Waals surface area contributed by atoms with Gasteiger partial charge in [0.2, 0.25) is 0 Å². The Morgan fingerprint density at radius 2 is 1.88 bits per heavy atom. The molecule has 2 N–H and O–H groups in total. The molecule has 0 amide bonds. The van der Waals surface area contributed by atoms with Gasteiger partial charge in [-0.15, -0.1) is 0 Å². The molecular weight excluding hydrogens is 202 g/mol. The van der Waals surface area contributed by atoms with Gasteiger partial charge >= 0.3 is 0 Å². The van der Waals surface area contributed by atoms with E-state index in [4.69, 9.17) is 10.5 Å². The number of nitrogens with zero attached hydrogens (tertiary/aromatic N) is 2. The number of benzene rings is 1. The highest BCUT2D eigenvalue weighted by Gasteiger charge is 2.10. The van der Waals surface area contributed by atoms with Crippen molar-refractivity contribution >= 4 is 5.82 Å². The van der Waals surface area contributed by atoms with Gasteiger partial charge in [-0.05, 0) is 31.2 Å². The second kappa shape index (κ2) is 3.89. The summed E-state index contributed by atoms with van der Waals surface area (Å²) in [5, 5.41) is 4.39. The molecule has 0 atom stereocenters. The normalized spacial score (nSPS) is 10.4. The van der Waals surface area contributed by atoms with E-state index in [0.717, 1.165) is 22.6 Å². The van der Waals surface area contributed by atoms with Crippen LogP contribution in [0, 0.1) is 6.92 Å². The maximum absolute atomic E-state index is 5.87. The van der Waals surface area contributed by atoms with Crippen molar-refractivity contribution in [2.75, 3.05) is 12.8 Å². The van der Waals surface area contributed by atoms with Gasteiger partial charge in [0.05, 0.1) is 12.8 Å². The molecule has 16 heavy (non-hydrogen) atoms. The minimum absolute atomic E-state index is 0.700. The topological polar surface area (TPSA) is 53.1 Å². The van der Waals surface area contributed by atoms with E-state index in [1.54, 1.807) is 11.8 Å². The maximum atomic E-state index is 5.87. The summed E-state index contributed by atoms with van der Waals surface area (Å²) in [5.74, 6) is 1.54. The predicted molar refractivity (Wildman–Crippen MR) is 64.3 cm³/mol. The predicted octanol–water partition coefficient (Wildman–Crippen LogP) is 1.99. The third-order valence-electron chi connectivity index (χ3n) is 2.70. The summed E-state index contributed by atoms with van der Waals surface area (Å²) in [6, 6.07) is 7.79. The van der Waals surface area contributed by atoms with Gasteiger partial charge in [0.15, 0.2) is 0 Å². The average molecular weight is 217 g/mol. The van der Waals surface area contributed by atoms with E-state index in [0.29, 0.717) is 5.82 Å². The molecule has 0 radical (unpaired) electrons. The Balaban J connectivity index is 2.46. The molecule has 0 unspecified atom stereocenters. The Labute approximate surface area is 94.6 Å². The van der Waals surface area contributed by atoms with Crippen LogP contribution in [0.5, 0.6) is 5.75 Å². The zero-order valence-electron chi connectivity index (χ0n) is 9.69. The van der Waals surface area contributed by atoms with E-state index in [1.807, 2.05) is 38.2 Å². The van der Waals surface area contributed by atoms with Crippen LogP contribution < -0.4 is 10.5 Å². The second-order valence-corrected chi connectivity index (χ2v) is 3.71. The Kier molecular flexibility index (Phi) is 2.56. The Morgan fingerprint density at radius 1 is 1.25 bits per heavy atom. The van der Waals surface area contributed by atoms with Crippen LogP contribution in [0.15, 0.2) is 24.3 Å². The first-order chi connectivity index (χ1) is 7.63. The SMILES string of the molecule is COc1ccc(-c2nn(C)c(N)c2C)cc1. The van der Waals surface area contributed by atoms with Crippen molar-refractivity contribution in [3.05, 3.63) is 29.8 Å². The zero-order valence-corrected chi connectivity index (χ0v) is 9.69. The van der Waals surface area contributed by atoms with Crippen LogP contribution in [0.1, 0.15) is 5.56 Å². The number of rotatable bonds is 2. The van der Waals surface area contributed by atoms with Crippen molar-refractivity contribution in [3.63, 3.8) is 0 Å². The molecule has 0 bridgehead atoms. The van der Waals surface area contributed by atoms with Gasteiger partial charge in [-0.1, -0.05) is 0 Å². The van der Waals surface area contributed by atoms with Gasteiger partial charge in [0, 0.05) is 18.2 Å². The molecule has 1 heterocycles. The average Bonchev–Trinajstić information content (AvgIpc) is 2.57. The van der Waals surface area contributed by atoms with Crippen molar-refractivity contribution in [2.45, 2.75) is 6.92 Å². The van der Waals surface area contributed by atoms with Crippen molar-refractivity contribution < 1.29 is 4.74 Å². The van der Waals surface area contributed by atoms with E-state index in [-0.39, 0.29) is 0 Å². The van der Waals surface area contributed by atoms with Crippen LogP contribution in [0.2, 0.25) is 0 Å². The number of anilines is 1. The molecule has 84 valence electrons. The van der Waals surface area contributed by atoms with Gasteiger partial charge in [-0.3, -0.25) is 4.68 Å². The van der Waals surface area contributed by atoms with Crippen LogP contribution in [0.3, 0.4) is 0 Å². The van der Waals surface area contributed by atoms with E-state index < -0.39 is 0 Å². The summed E-state index contributed by atoms with van der Waals surface area (Å²) < 4.78 is 6.80. The first kappa shape index (κ1) is 10.5. The van der Waals surface area contributed by atoms with Gasteiger partial charge in [0.1, 0.15) is 11.6 Å². The number of methoxy groups -OCH3 is 1. The van der Waals surface area contributed by atoms with Gasteiger partial charge in [-0.25, -0.2) is 0 Å². The fourth-order valence-corrected chi connectivity index (χ4v) is 1.67. The minimum atomic E-state index is 0.700. The van der Waals surface area contributed by atoms with E-state index >= 15 is 0 Å². The molecule has 0 saturated heterocycles. The third-order valence-corrected chi connectivity index (χ3v) is 2.70. The molecule has 0 saturated carbocycles. The van der Waals surface area contributed by atoms with E-state index in [9.17, 15) is 0 Å². The molecule has 0 fully saturated rings. The molecule has 0 aliphatic heterocycles. The lowest BCUT2D eigenvalue weighted by Crippen LogP contribution is -1.97. The third kappa shape index (κ3) is 1.62. The quantitative estimate of drug-likeness (QED) is 0.836. The molecule has 1 aromatic carbocycles. The van der Waals surface area contributed by atoms with Gasteiger partial charge in [0.25, 0.3) is 0 Å². The molecule has 0 spiro atoms. The van der Waals surface area contributed by atoms with Crippen molar-refractivity contribution in [3.8, 4) is 17.0 Å². The fraction of sp³-hybridized carbons (Fsp3) is 0.250. The van der Waals surface area contributed by atoms with Gasteiger partial charge < -0.3 is 10.5 Å². The monoisotopic (exact) mass is 217 g/mol. The lowest BCUT2D eigenvalue weighted by molar-refractivity contribution is 0.415. The lowest BCUT2D eigenvalue weighted by Gasteiger charge is -2.01. The highest BCUT2D eigenvalue weighted by molar-refractivity contribution is 5.68. The van der Waals surface area contributed by atoms with Crippen LogP contribution >= 0.6 is 0 Å². The maximum Gasteiger partial charge on any atom is 0.124 e. The molecule has 4 heteroatoms. The van der Waals surface area contributed by atoms with Crippen LogP contribution in [0.4, 0.5) is 5.82 Å². The summed E-state index contributed by atoms with van der Waals surface area (Å²) in [6.45, 7) is 1.97. The highest BCUT2D eigenvalue weighted by Crippen LogP contribution is 2.26. The van der Waals surface area contributed by atoms with E-state index in [2.05, 4.69) is 5.10 Å².